The fourth-order valence-corrected chi connectivity index (χ4v) is 10.2. The minimum Gasteiger partial charge on any atom is -0.545 e. The van der Waals surface area contributed by atoms with Gasteiger partial charge in [-0.3, -0.25) is 33.8 Å². The van der Waals surface area contributed by atoms with E-state index in [2.05, 4.69) is 31.6 Å². The Morgan fingerprint density at radius 2 is 1.38 bits per heavy atom. The molecule has 1 fully saturated rings. The number of carboxylic acid groups (broad SMARTS) is 1. The summed E-state index contributed by atoms with van der Waals surface area (Å²) in [5, 5.41) is 25.8. The maximum absolute atomic E-state index is 13.5. The fourth-order valence-electron chi connectivity index (χ4n) is 9.95. The number of hydrogen-bond donors (Lipinski definition) is 5. The monoisotopic (exact) mass is 1130 g/mol. The molecule has 8 rings (SSSR count). The van der Waals surface area contributed by atoms with Crippen molar-refractivity contribution in [3.05, 3.63) is 159 Å². The number of methoxy groups -OCH3 is 1. The molecule has 6 aromatic rings. The number of nitrogens with zero attached hydrogens (tertiary/aromatic N) is 1. The van der Waals surface area contributed by atoms with Gasteiger partial charge >= 0.3 is 29.6 Å². The van der Waals surface area contributed by atoms with Crippen LogP contribution in [0.25, 0.3) is 11.1 Å². The van der Waals surface area contributed by atoms with E-state index in [0.29, 0.717) is 60.9 Å². The quantitative estimate of drug-likeness (QED) is 0.0353. The first kappa shape index (κ1) is 61.0. The number of benzene rings is 5. The van der Waals surface area contributed by atoms with E-state index in [1.807, 2.05) is 44.2 Å². The second-order valence-corrected chi connectivity index (χ2v) is 20.1. The van der Waals surface area contributed by atoms with Crippen molar-refractivity contribution in [2.45, 2.75) is 71.8 Å². The first-order valence-corrected chi connectivity index (χ1v) is 26.8. The van der Waals surface area contributed by atoms with E-state index in [-0.39, 0.29) is 87.8 Å². The molecule has 1 saturated carbocycles. The zero-order chi connectivity index (χ0) is 56.7. The number of pyridine rings is 1. The van der Waals surface area contributed by atoms with Crippen LogP contribution in [-0.4, -0.2) is 86.3 Å². The topological polar surface area (TPSA) is 253 Å². The van der Waals surface area contributed by atoms with Crippen LogP contribution in [0.2, 0.25) is 5.02 Å². The third-order valence-corrected chi connectivity index (χ3v) is 14.5. The van der Waals surface area contributed by atoms with Gasteiger partial charge in [0.1, 0.15) is 42.8 Å². The molecule has 0 bridgehead atoms. The molecule has 5 amide bonds. The minimum atomic E-state index is -1.45. The molecule has 18 nitrogen and oxygen atoms in total. The molecule has 5 aromatic carbocycles. The van der Waals surface area contributed by atoms with E-state index in [4.69, 9.17) is 30.5 Å². The van der Waals surface area contributed by atoms with Crippen LogP contribution in [0.5, 0.6) is 17.2 Å². The van der Waals surface area contributed by atoms with Gasteiger partial charge in [-0.25, -0.2) is 0 Å². The first-order chi connectivity index (χ1) is 38.6. The molecule has 20 heteroatoms. The number of fused-ring (bicyclic) bond motifs is 1. The number of nitrogens with one attached hydrogen (secondary N) is 5. The zero-order valence-electron chi connectivity index (χ0n) is 45.7. The molecule has 0 saturated heterocycles. The van der Waals surface area contributed by atoms with Gasteiger partial charge in [0.25, 0.3) is 17.7 Å². The van der Waals surface area contributed by atoms with Crippen LogP contribution < -0.4 is 75.5 Å². The maximum atomic E-state index is 13.5. The van der Waals surface area contributed by atoms with Crippen molar-refractivity contribution in [3.8, 4) is 28.4 Å². The normalized spacial score (nSPS) is 13.5. The van der Waals surface area contributed by atoms with Crippen molar-refractivity contribution < 1.29 is 87.2 Å². The number of ether oxygens (including phenoxy) is 4. The molecule has 2 aliphatic carbocycles. The Hall–Kier alpha value is -7.61. The summed E-state index contributed by atoms with van der Waals surface area (Å²) < 4.78 is 22.7. The summed E-state index contributed by atoms with van der Waals surface area (Å²) in [6.45, 7) is 3.73. The maximum Gasteiger partial charge on any atom is 1.00 e. The number of rotatable bonds is 25. The van der Waals surface area contributed by atoms with Crippen LogP contribution >= 0.6 is 11.6 Å². The molecule has 5 N–H and O–H groups in total. The Morgan fingerprint density at radius 3 is 2.10 bits per heavy atom. The zero-order valence-corrected chi connectivity index (χ0v) is 48.4. The predicted molar refractivity (Wildman–Crippen MR) is 299 cm³/mol. The molecule has 2 aliphatic rings. The molecule has 1 atom stereocenters. The van der Waals surface area contributed by atoms with Crippen LogP contribution in [0, 0.1) is 25.7 Å². The predicted octanol–water partition coefficient (Wildman–Crippen LogP) is 5.46. The van der Waals surface area contributed by atoms with Gasteiger partial charge in [-0.05, 0) is 158 Å². The van der Waals surface area contributed by atoms with Gasteiger partial charge in [0.15, 0.2) is 12.4 Å². The van der Waals surface area contributed by atoms with Crippen LogP contribution in [0.4, 0.5) is 17.1 Å². The van der Waals surface area contributed by atoms with Crippen LogP contribution in [-0.2, 0) is 32.1 Å². The number of aromatic carboxylic acids is 1. The van der Waals surface area contributed by atoms with Gasteiger partial charge in [-0.1, -0.05) is 54.8 Å². The summed E-state index contributed by atoms with van der Waals surface area (Å²) >= 11 is 6.42. The Labute approximate surface area is 496 Å². The van der Waals surface area contributed by atoms with Crippen molar-refractivity contribution in [3.63, 3.8) is 0 Å². The van der Waals surface area contributed by atoms with E-state index in [1.165, 1.54) is 56.5 Å². The number of unbranched alkanes of at least 4 members (excludes halogenated alkanes) is 2. The van der Waals surface area contributed by atoms with Gasteiger partial charge in [0, 0.05) is 53.8 Å². The number of halogens is 1. The molecule has 0 radical (unpaired) electrons. The molecule has 1 heterocycles. The van der Waals surface area contributed by atoms with Crippen molar-refractivity contribution in [1.82, 2.24) is 15.6 Å². The summed E-state index contributed by atoms with van der Waals surface area (Å²) in [7, 11) is 1.42. The summed E-state index contributed by atoms with van der Waals surface area (Å²) in [4.78, 5) is 92.9. The number of carbonyl (C=O) groups excluding carboxylic acids is 7. The Morgan fingerprint density at radius 1 is 0.667 bits per heavy atom. The van der Waals surface area contributed by atoms with Gasteiger partial charge in [-0.15, -0.1) is 0 Å². The second kappa shape index (κ2) is 29.2. The van der Waals surface area contributed by atoms with Crippen LogP contribution in [0.15, 0.2) is 109 Å². The Bertz CT molecular complexity index is 3300. The van der Waals surface area contributed by atoms with Crippen molar-refractivity contribution in [2.75, 3.05) is 56.0 Å². The number of anilines is 3. The molecular weight excluding hydrogens is 1070 g/mol. The number of Topliss-reactive ketones (excluding diaryl/α,β-unsaturated/α-hetero) is 1. The van der Waals surface area contributed by atoms with E-state index in [1.54, 1.807) is 42.5 Å². The standard InChI is InChI=1S/C61H63ClN6O12.Na/c1-36-37(2)57-42(28-46(58(57)72)39-13-5-6-14-39)29-52(36)79-32-38-12-11-15-40(26-38)41-17-22-51(47(27-41)61(75)76)80-35-55(70)65-25-9-4-8-24-64-54(69)33-78-34-56(71)66-43-18-20-45(48(62)30-43)59(73)68-49-21-19-44(31-53(49)77-3)67-60(74)50-16-7-10-23-63-50;/h7,10-12,15-23,26-27,29-31,39,46H,4-6,8-9,13-14,24-25,28,32-35H2,1-3H3,(H,64,69)(H,65,70)(H,66,71)(H,67,74)(H,68,73)(H,75,76);/q;+1/p-1. The number of hydrogen-bond acceptors (Lipinski definition) is 13. The molecule has 1 unspecified atom stereocenters. The van der Waals surface area contributed by atoms with Gasteiger partial charge in [0.2, 0.25) is 11.8 Å². The van der Waals surface area contributed by atoms with E-state index >= 15 is 0 Å². The molecular formula is C61H62ClN6NaO12. The fraction of sp³-hybridized carbons (Fsp3) is 0.311. The van der Waals surface area contributed by atoms with E-state index < -0.39 is 48.7 Å². The average molecular weight is 1130 g/mol. The SMILES string of the molecule is COc1cc(NC(=O)c2ccccn2)ccc1NC(=O)c1ccc(NC(=O)COCC(=O)NCCCCCNC(=O)COc2ccc(-c3cccc(COc4cc5c(c(C)c4C)C(=O)C(C4CCCC4)C5)c3)cc2C(=O)[O-])cc1Cl.[Na+]. The first-order valence-electron chi connectivity index (χ1n) is 26.5. The third-order valence-electron chi connectivity index (χ3n) is 14.2. The van der Waals surface area contributed by atoms with Crippen molar-refractivity contribution in [2.24, 2.45) is 11.8 Å². The summed E-state index contributed by atoms with van der Waals surface area (Å²) in [6, 6.07) is 28.3. The second-order valence-electron chi connectivity index (χ2n) is 19.7. The Balaban J connectivity index is 0.00000946. The smallest absolute Gasteiger partial charge is 0.545 e. The largest absolute Gasteiger partial charge is 1.00 e. The molecule has 0 aliphatic heterocycles. The number of carbonyl (C=O) groups is 7. The van der Waals surface area contributed by atoms with Gasteiger partial charge < -0.3 is 55.4 Å². The minimum absolute atomic E-state index is 0. The number of carboxylic acids is 1. The third kappa shape index (κ3) is 16.3. The number of amides is 5. The Kier molecular flexibility index (Phi) is 22.0. The summed E-state index contributed by atoms with van der Waals surface area (Å²) in [5.74, 6) is -2.02. The molecule has 81 heavy (non-hydrogen) atoms. The van der Waals surface area contributed by atoms with Crippen LogP contribution in [0.1, 0.15) is 109 Å². The van der Waals surface area contributed by atoms with Gasteiger partial charge in [-0.2, -0.15) is 0 Å². The molecule has 416 valence electrons. The van der Waals surface area contributed by atoms with Gasteiger partial charge in [0.05, 0.1) is 29.4 Å². The molecule has 1 aromatic heterocycles. The number of ketones is 1. The molecule has 0 spiro atoms. The summed E-state index contributed by atoms with van der Waals surface area (Å²) in [5.41, 5.74) is 7.28. The summed E-state index contributed by atoms with van der Waals surface area (Å²) in [6.07, 6.45) is 8.77. The van der Waals surface area contributed by atoms with Crippen molar-refractivity contribution in [1.29, 1.82) is 0 Å². The number of aromatic nitrogens is 1. The van der Waals surface area contributed by atoms with E-state index in [0.717, 1.165) is 58.4 Å². The average Bonchev–Trinajstić information content (AvgIpc) is 4.32. The van der Waals surface area contributed by atoms with Crippen LogP contribution in [0.3, 0.4) is 0 Å². The van der Waals surface area contributed by atoms with Crippen molar-refractivity contribution >= 4 is 70.0 Å². The van der Waals surface area contributed by atoms with E-state index in [9.17, 15) is 38.7 Å².